The van der Waals surface area contributed by atoms with Gasteiger partial charge in [0.05, 0.1) is 0 Å². The molecule has 0 unspecified atom stereocenters. The maximum atomic E-state index is 2.22. The van der Waals surface area contributed by atoms with Crippen molar-refractivity contribution in [2.45, 2.75) is 10.3 Å². The molecule has 0 aromatic rings. The van der Waals surface area contributed by atoms with Crippen molar-refractivity contribution in [2.24, 2.45) is 0 Å². The minimum Gasteiger partial charge on any atom is -1.00 e. The monoisotopic (exact) mass is 262 g/mol. The van der Waals surface area contributed by atoms with Crippen molar-refractivity contribution in [3.05, 3.63) is 0 Å². The van der Waals surface area contributed by atoms with Crippen LogP contribution in [0.5, 0.6) is 0 Å². The van der Waals surface area contributed by atoms with E-state index in [1.165, 1.54) is 0 Å². The third-order valence-electron chi connectivity index (χ3n) is 0. The third-order valence-corrected chi connectivity index (χ3v) is 0. The molecule has 0 amide bonds. The fourth-order valence-electron chi connectivity index (χ4n) is 0. The van der Waals surface area contributed by atoms with Gasteiger partial charge in [0, 0.05) is 0 Å². The Bertz CT molecular complexity index is 6.00. The van der Waals surface area contributed by atoms with E-state index in [0.29, 0.717) is 19.8 Å². The third kappa shape index (κ3) is 11.8. The van der Waals surface area contributed by atoms with Crippen molar-refractivity contribution in [1.82, 2.24) is 0 Å². The van der Waals surface area contributed by atoms with Gasteiger partial charge >= 0.3 is 30.0 Å². The summed E-state index contributed by atoms with van der Waals surface area (Å²) in [4.78, 5) is 0. The van der Waals surface area contributed by atoms with Crippen LogP contribution in [0.1, 0.15) is 0 Å². The zero-order valence-electron chi connectivity index (χ0n) is 2.68. The van der Waals surface area contributed by atoms with Crippen LogP contribution in [0.3, 0.4) is 0 Å². The maximum absolute atomic E-state index is 2.22. The van der Waals surface area contributed by atoms with Gasteiger partial charge in [0.25, 0.3) is 0 Å². The molecule has 0 bridgehead atoms. The van der Waals surface area contributed by atoms with Crippen molar-refractivity contribution in [2.75, 3.05) is 0 Å². The number of halogens is 1. The normalized spacial score (nSPS) is 5.50. The molecule has 0 saturated heterocycles. The molecule has 0 aromatic heterocycles. The molecule has 0 aliphatic rings. The summed E-state index contributed by atoms with van der Waals surface area (Å²) in [7, 11) is 0. The molecule has 0 N–H and O–H groups in total. The molecule has 0 spiro atoms. The smallest absolute Gasteiger partial charge is 1.00 e. The Balaban J connectivity index is 0. The van der Waals surface area contributed by atoms with Gasteiger partial charge in [-0.15, -0.1) is 0 Å². The van der Waals surface area contributed by atoms with E-state index < -0.39 is 0 Å². The summed E-state index contributed by atoms with van der Waals surface area (Å²) in [5.74, 6) is 0. The van der Waals surface area contributed by atoms with Crippen molar-refractivity contribution < 1.29 is 32.2 Å². The minimum absolute atomic E-state index is 0. The number of hydrogen-bond donors (Lipinski definition) is 0. The molecule has 0 radical (unpaired) electrons. The van der Waals surface area contributed by atoms with E-state index in [9.17, 15) is 0 Å². The predicted octanol–water partition coefficient (Wildman–Crippen LogP) is -1.83. The number of hydrogen-bond acceptors (Lipinski definition) is 0. The fraction of sp³-hybridized carbons (Fsp3) is 1.00. The van der Waals surface area contributed by atoms with E-state index in [1.54, 1.807) is 0 Å². The van der Waals surface area contributed by atoms with Gasteiger partial charge in [-0.1, -0.05) is 0 Å². The van der Waals surface area contributed by atoms with Gasteiger partial charge in [-0.25, -0.2) is 0 Å². The molecule has 32 valence electrons. The summed E-state index contributed by atoms with van der Waals surface area (Å²) in [6.07, 6.45) is 0. The van der Waals surface area contributed by atoms with E-state index in [4.69, 9.17) is 0 Å². The molecule has 0 saturated carbocycles. The molecule has 0 nitrogen and oxygen atoms in total. The van der Waals surface area contributed by atoms with Crippen LogP contribution in [0.25, 0.3) is 0 Å². The first kappa shape index (κ1) is 8.90. The fourth-order valence-corrected chi connectivity index (χ4v) is 0. The SMILES string of the molecule is [CH3][Au+][CH3].[Cl-]. The van der Waals surface area contributed by atoms with Gasteiger partial charge in [0.1, 0.15) is 0 Å². The standard InChI is InChI=1S/2CH3.Au.ClH/h2*1H3;;1H/q;;+1;/p-1. The largest absolute Gasteiger partial charge is 1.00 e. The topological polar surface area (TPSA) is 0 Å². The van der Waals surface area contributed by atoms with E-state index >= 15 is 0 Å². The van der Waals surface area contributed by atoms with Crippen molar-refractivity contribution in [3.63, 3.8) is 0 Å². The summed E-state index contributed by atoms with van der Waals surface area (Å²) >= 11 is 0.667. The maximum Gasteiger partial charge on any atom is -1.00 e. The van der Waals surface area contributed by atoms with Gasteiger partial charge in [-0.2, -0.15) is 0 Å². The molecule has 0 heterocycles. The Morgan fingerprint density at radius 2 is 1.25 bits per heavy atom. The zero-order valence-corrected chi connectivity index (χ0v) is 5.60. The molecular weight excluding hydrogens is 256 g/mol. The molecule has 0 fully saturated rings. The van der Waals surface area contributed by atoms with Crippen LogP contribution in [0.15, 0.2) is 0 Å². The summed E-state index contributed by atoms with van der Waals surface area (Å²) in [5.41, 5.74) is 0. The van der Waals surface area contributed by atoms with Crippen molar-refractivity contribution in [3.8, 4) is 0 Å². The second-order valence-corrected chi connectivity index (χ2v) is 2.47. The van der Waals surface area contributed by atoms with E-state index in [0.717, 1.165) is 0 Å². The first-order valence-electron chi connectivity index (χ1n) is 0.603. The molecule has 2 heteroatoms. The summed E-state index contributed by atoms with van der Waals surface area (Å²) in [6, 6.07) is 0. The van der Waals surface area contributed by atoms with Gasteiger partial charge in [0.15, 0.2) is 0 Å². The van der Waals surface area contributed by atoms with Gasteiger partial charge < -0.3 is 12.4 Å². The van der Waals surface area contributed by atoms with Gasteiger partial charge in [-0.3, -0.25) is 0 Å². The first-order valence-corrected chi connectivity index (χ1v) is 4.94. The summed E-state index contributed by atoms with van der Waals surface area (Å²) < 4.78 is 0. The van der Waals surface area contributed by atoms with Crippen LogP contribution in [0.4, 0.5) is 0 Å². The Morgan fingerprint density at radius 3 is 1.25 bits per heavy atom. The van der Waals surface area contributed by atoms with Crippen molar-refractivity contribution >= 4 is 0 Å². The van der Waals surface area contributed by atoms with Crippen LogP contribution < -0.4 is 12.4 Å². The Labute approximate surface area is 42.7 Å². The predicted molar refractivity (Wildman–Crippen MR) is 11.7 cm³/mol. The number of rotatable bonds is 0. The van der Waals surface area contributed by atoms with E-state index in [-0.39, 0.29) is 12.4 Å². The van der Waals surface area contributed by atoms with Gasteiger partial charge in [-0.05, 0) is 0 Å². The van der Waals surface area contributed by atoms with E-state index in [2.05, 4.69) is 10.3 Å². The molecule has 0 rings (SSSR count). The summed E-state index contributed by atoms with van der Waals surface area (Å²) in [5, 5.41) is 4.44. The van der Waals surface area contributed by atoms with Crippen LogP contribution >= 0.6 is 0 Å². The average molecular weight is 262 g/mol. The van der Waals surface area contributed by atoms with Crippen LogP contribution in [-0.2, 0) is 19.8 Å². The zero-order chi connectivity index (χ0) is 2.71. The molecule has 4 heavy (non-hydrogen) atoms. The second kappa shape index (κ2) is 8.98. The minimum atomic E-state index is 0. The Morgan fingerprint density at radius 1 is 1.25 bits per heavy atom. The molecular formula is C2H6AuCl. The molecule has 0 aromatic carbocycles. The molecule has 0 atom stereocenters. The quantitative estimate of drug-likeness (QED) is 0.451. The first-order chi connectivity index (χ1) is 1.41. The van der Waals surface area contributed by atoms with Crippen molar-refractivity contribution in [1.29, 1.82) is 0 Å². The summed E-state index contributed by atoms with van der Waals surface area (Å²) in [6.45, 7) is 0. The Hall–Kier alpha value is 1.03. The van der Waals surface area contributed by atoms with Crippen LogP contribution in [-0.4, -0.2) is 0 Å². The average Bonchev–Trinajstić information content (AvgIpc) is 0.918. The molecule has 0 aliphatic carbocycles. The van der Waals surface area contributed by atoms with Gasteiger partial charge in [0.2, 0.25) is 0 Å². The molecule has 0 aliphatic heterocycles. The van der Waals surface area contributed by atoms with Crippen LogP contribution in [0.2, 0.25) is 10.3 Å². The van der Waals surface area contributed by atoms with E-state index in [1.807, 2.05) is 0 Å². The Kier molecular flexibility index (Phi) is 20.0. The van der Waals surface area contributed by atoms with Crippen LogP contribution in [0, 0.1) is 0 Å². The second-order valence-electron chi connectivity index (χ2n) is 0.302.